The summed E-state index contributed by atoms with van der Waals surface area (Å²) in [5, 5.41) is 33.9. The third kappa shape index (κ3) is 6.52. The van der Waals surface area contributed by atoms with Gasteiger partial charge >= 0.3 is 7.12 Å². The van der Waals surface area contributed by atoms with Crippen LogP contribution in [0, 0.1) is 11.8 Å². The predicted molar refractivity (Wildman–Crippen MR) is 122 cm³/mol. The van der Waals surface area contributed by atoms with E-state index in [1.165, 1.54) is 14.2 Å². The molecule has 3 unspecified atom stereocenters. The molecule has 0 aliphatic heterocycles. The number of hydrogen-bond acceptors (Lipinski definition) is 8. The van der Waals surface area contributed by atoms with E-state index in [4.69, 9.17) is 14.2 Å². The van der Waals surface area contributed by atoms with Crippen molar-refractivity contribution in [3.05, 3.63) is 17.2 Å². The van der Waals surface area contributed by atoms with Crippen molar-refractivity contribution in [1.29, 1.82) is 0 Å². The van der Waals surface area contributed by atoms with E-state index < -0.39 is 37.5 Å². The average Bonchev–Trinajstić information content (AvgIpc) is 2.79. The summed E-state index contributed by atoms with van der Waals surface area (Å²) in [4.78, 5) is 25.6. The highest BCUT2D eigenvalue weighted by Crippen LogP contribution is 2.44. The van der Waals surface area contributed by atoms with E-state index >= 15 is 0 Å². The molecular weight excluding hydrogens is 431 g/mol. The van der Waals surface area contributed by atoms with E-state index in [-0.39, 0.29) is 11.8 Å². The van der Waals surface area contributed by atoms with Gasteiger partial charge in [-0.25, -0.2) is 0 Å². The number of benzene rings is 1. The Balaban J connectivity index is 2.15. The minimum Gasteiger partial charge on any atom is -0.496 e. The van der Waals surface area contributed by atoms with Crippen LogP contribution in [0.3, 0.4) is 0 Å². The first kappa shape index (κ1) is 26.8. The van der Waals surface area contributed by atoms with Gasteiger partial charge in [0.05, 0.1) is 33.9 Å². The lowest BCUT2D eigenvalue weighted by molar-refractivity contribution is -0.132. The van der Waals surface area contributed by atoms with Crippen molar-refractivity contribution in [2.24, 2.45) is 11.8 Å². The highest BCUT2D eigenvalue weighted by molar-refractivity contribution is 6.43. The Kier molecular flexibility index (Phi) is 9.81. The maximum Gasteiger partial charge on any atom is 0.475 e. The Morgan fingerprint density at radius 1 is 1.09 bits per heavy atom. The molecule has 0 heterocycles. The monoisotopic (exact) mass is 466 g/mol. The number of rotatable bonds is 11. The number of fused-ring (bicyclic) bond motifs is 1. The third-order valence-corrected chi connectivity index (χ3v) is 5.86. The molecule has 0 aromatic heterocycles. The van der Waals surface area contributed by atoms with Gasteiger partial charge in [-0.2, -0.15) is 0 Å². The molecule has 3 atom stereocenters. The highest BCUT2D eigenvalue weighted by Gasteiger charge is 2.34. The van der Waals surface area contributed by atoms with Crippen LogP contribution in [0.4, 0.5) is 0 Å². The number of carbonyl (C=O) groups excluding carboxylic acids is 2. The summed E-state index contributed by atoms with van der Waals surface area (Å²) in [6.07, 6.45) is 1.78. The first-order valence-corrected chi connectivity index (χ1v) is 11.0. The van der Waals surface area contributed by atoms with E-state index in [0.29, 0.717) is 42.9 Å². The van der Waals surface area contributed by atoms with Crippen molar-refractivity contribution >= 4 is 18.9 Å². The number of nitrogens with one attached hydrogen (secondary N) is 2. The standard InChI is InChI=1S/C22H35BN2O8/c1-12(2)8-19(23(29)30)25-22(28)16(11-26)24-21(27)13-6-7-14-15(9-13)20(33-5)18(32-4)10-17(14)31-3/h10,12-13,16,19,26,29-30H,6-9,11H2,1-5H3,(H,24,27)(H,25,28). The van der Waals surface area contributed by atoms with Crippen LogP contribution in [-0.2, 0) is 22.4 Å². The van der Waals surface area contributed by atoms with Crippen molar-refractivity contribution in [3.8, 4) is 17.2 Å². The molecule has 0 saturated carbocycles. The molecule has 1 aliphatic rings. The molecular formula is C22H35BN2O8. The fourth-order valence-corrected chi connectivity index (χ4v) is 4.17. The number of carbonyl (C=O) groups is 2. The van der Waals surface area contributed by atoms with Crippen LogP contribution in [0.15, 0.2) is 6.07 Å². The normalized spacial score (nSPS) is 16.9. The average molecular weight is 466 g/mol. The van der Waals surface area contributed by atoms with Gasteiger partial charge in [0.25, 0.3) is 0 Å². The molecule has 1 aromatic carbocycles. The van der Waals surface area contributed by atoms with Gasteiger partial charge in [0.1, 0.15) is 11.8 Å². The van der Waals surface area contributed by atoms with Crippen molar-refractivity contribution in [2.45, 2.75) is 51.5 Å². The molecule has 1 aliphatic carbocycles. The second-order valence-corrected chi connectivity index (χ2v) is 8.61. The van der Waals surface area contributed by atoms with E-state index in [1.54, 1.807) is 13.2 Å². The van der Waals surface area contributed by atoms with Crippen LogP contribution in [0.2, 0.25) is 0 Å². The molecule has 10 nitrogen and oxygen atoms in total. The highest BCUT2D eigenvalue weighted by atomic mass is 16.5. The molecule has 184 valence electrons. The minimum atomic E-state index is -1.75. The Morgan fingerprint density at radius 2 is 1.76 bits per heavy atom. The van der Waals surface area contributed by atoms with Crippen LogP contribution in [0.1, 0.15) is 37.8 Å². The van der Waals surface area contributed by atoms with Gasteiger partial charge in [0, 0.05) is 23.1 Å². The largest absolute Gasteiger partial charge is 0.496 e. The molecule has 2 rings (SSSR count). The van der Waals surface area contributed by atoms with E-state index in [0.717, 1.165) is 11.1 Å². The summed E-state index contributed by atoms with van der Waals surface area (Å²) in [6.45, 7) is 3.14. The zero-order valence-corrected chi connectivity index (χ0v) is 19.9. The number of amides is 2. The SMILES string of the molecule is COc1cc(OC)c(OC)c2c1CCC(C(=O)NC(CO)C(=O)NC(CC(C)C)B(O)O)C2. The summed E-state index contributed by atoms with van der Waals surface area (Å²) in [7, 11) is 2.88. The number of methoxy groups -OCH3 is 3. The van der Waals surface area contributed by atoms with Gasteiger partial charge in [0.15, 0.2) is 11.5 Å². The lowest BCUT2D eigenvalue weighted by Crippen LogP contribution is -2.56. The fraction of sp³-hybridized carbons (Fsp3) is 0.636. The fourth-order valence-electron chi connectivity index (χ4n) is 4.17. The third-order valence-electron chi connectivity index (χ3n) is 5.86. The first-order valence-electron chi connectivity index (χ1n) is 11.0. The summed E-state index contributed by atoms with van der Waals surface area (Å²) >= 11 is 0. The Labute approximate surface area is 194 Å². The summed E-state index contributed by atoms with van der Waals surface area (Å²) < 4.78 is 16.4. The second-order valence-electron chi connectivity index (χ2n) is 8.61. The van der Waals surface area contributed by atoms with E-state index in [9.17, 15) is 24.7 Å². The smallest absolute Gasteiger partial charge is 0.475 e. The minimum absolute atomic E-state index is 0.102. The molecule has 0 saturated heterocycles. The molecule has 1 aromatic rings. The molecule has 11 heteroatoms. The number of aliphatic hydroxyl groups excluding tert-OH is 1. The Morgan fingerprint density at radius 3 is 2.27 bits per heavy atom. The van der Waals surface area contributed by atoms with E-state index in [2.05, 4.69) is 10.6 Å². The maximum absolute atomic E-state index is 13.0. The number of aliphatic hydroxyl groups is 1. The van der Waals surface area contributed by atoms with Crippen LogP contribution in [0.25, 0.3) is 0 Å². The Bertz CT molecular complexity index is 811. The van der Waals surface area contributed by atoms with Crippen molar-refractivity contribution < 1.29 is 39.0 Å². The lowest BCUT2D eigenvalue weighted by atomic mass is 9.75. The molecule has 5 N–H and O–H groups in total. The van der Waals surface area contributed by atoms with Gasteiger partial charge in [0.2, 0.25) is 11.8 Å². The molecule has 33 heavy (non-hydrogen) atoms. The zero-order valence-electron chi connectivity index (χ0n) is 19.9. The van der Waals surface area contributed by atoms with Crippen molar-refractivity contribution in [1.82, 2.24) is 10.6 Å². The van der Waals surface area contributed by atoms with E-state index in [1.807, 2.05) is 13.8 Å². The van der Waals surface area contributed by atoms with Crippen molar-refractivity contribution in [3.63, 3.8) is 0 Å². The molecule has 0 radical (unpaired) electrons. The molecule has 0 bridgehead atoms. The zero-order chi connectivity index (χ0) is 24.7. The Hall–Kier alpha value is -2.50. The lowest BCUT2D eigenvalue weighted by Gasteiger charge is -2.29. The van der Waals surface area contributed by atoms with Crippen molar-refractivity contribution in [2.75, 3.05) is 27.9 Å². The van der Waals surface area contributed by atoms with Crippen LogP contribution in [0.5, 0.6) is 17.2 Å². The maximum atomic E-state index is 13.0. The summed E-state index contributed by atoms with van der Waals surface area (Å²) in [5.41, 5.74) is 1.76. The van der Waals surface area contributed by atoms with Gasteiger partial charge in [-0.1, -0.05) is 13.8 Å². The molecule has 2 amide bonds. The first-order chi connectivity index (χ1) is 15.7. The van der Waals surface area contributed by atoms with Crippen LogP contribution in [-0.4, -0.2) is 74.0 Å². The van der Waals surface area contributed by atoms with Crippen LogP contribution < -0.4 is 24.8 Å². The molecule has 0 fully saturated rings. The van der Waals surface area contributed by atoms with Crippen LogP contribution >= 0.6 is 0 Å². The quantitative estimate of drug-likeness (QED) is 0.283. The van der Waals surface area contributed by atoms with Gasteiger partial charge in [-0.15, -0.1) is 0 Å². The van der Waals surface area contributed by atoms with Gasteiger partial charge < -0.3 is 40.0 Å². The number of ether oxygens (including phenoxy) is 3. The number of hydrogen-bond donors (Lipinski definition) is 5. The summed E-state index contributed by atoms with van der Waals surface area (Å²) in [5.74, 6) is -0.630. The van der Waals surface area contributed by atoms with Gasteiger partial charge in [-0.05, 0) is 31.6 Å². The van der Waals surface area contributed by atoms with Gasteiger partial charge in [-0.3, -0.25) is 9.59 Å². The second kappa shape index (κ2) is 12.1. The topological polar surface area (TPSA) is 147 Å². The predicted octanol–water partition coefficient (Wildman–Crippen LogP) is -0.163. The summed E-state index contributed by atoms with van der Waals surface area (Å²) in [6, 6.07) is 0.543. The molecule has 0 spiro atoms.